The summed E-state index contributed by atoms with van der Waals surface area (Å²) in [5.74, 6) is 0.762. The summed E-state index contributed by atoms with van der Waals surface area (Å²) in [4.78, 5) is 0. The first kappa shape index (κ1) is 11.5. The predicted octanol–water partition coefficient (Wildman–Crippen LogP) is 3.25. The van der Waals surface area contributed by atoms with Gasteiger partial charge in [0.15, 0.2) is 8.32 Å². The maximum absolute atomic E-state index is 5.82. The highest BCUT2D eigenvalue weighted by Gasteiger charge is 2.22. The molecule has 0 aliphatic rings. The summed E-state index contributed by atoms with van der Waals surface area (Å²) in [6.45, 7) is 8.68. The van der Waals surface area contributed by atoms with Crippen LogP contribution in [0.15, 0.2) is 0 Å². The second-order valence-corrected chi connectivity index (χ2v) is 8.35. The molecule has 0 rings (SSSR count). The summed E-state index contributed by atoms with van der Waals surface area (Å²) in [5, 5.41) is 0. The average molecular weight is 195 g/mol. The highest BCUT2D eigenvalue weighted by molar-refractivity contribution is 6.71. The zero-order valence-electron chi connectivity index (χ0n) is 7.98. The lowest BCUT2D eigenvalue weighted by molar-refractivity contribution is 0.231. The summed E-state index contributed by atoms with van der Waals surface area (Å²) in [5.41, 5.74) is 0. The van der Waals surface area contributed by atoms with Crippen molar-refractivity contribution >= 4 is 19.9 Å². The third-order valence-corrected chi connectivity index (χ3v) is 4.40. The zero-order valence-corrected chi connectivity index (χ0v) is 9.74. The highest BCUT2D eigenvalue weighted by atomic mass is 35.5. The van der Waals surface area contributed by atoms with Crippen LogP contribution >= 0.6 is 11.6 Å². The minimum atomic E-state index is -1.37. The molecule has 0 aromatic heterocycles. The van der Waals surface area contributed by atoms with Crippen molar-refractivity contribution in [3.63, 3.8) is 0 Å². The van der Waals surface area contributed by atoms with E-state index in [0.29, 0.717) is 6.10 Å². The first-order valence-corrected chi connectivity index (χ1v) is 7.87. The van der Waals surface area contributed by atoms with Gasteiger partial charge in [0.2, 0.25) is 0 Å². The molecule has 68 valence electrons. The van der Waals surface area contributed by atoms with Crippen molar-refractivity contribution in [1.82, 2.24) is 0 Å². The number of rotatable bonds is 5. The number of hydrogen-bond donors (Lipinski definition) is 0. The minimum absolute atomic E-state index is 0.368. The normalized spacial score (nSPS) is 12.5. The fraction of sp³-hybridized carbons (Fsp3) is 1.00. The predicted molar refractivity (Wildman–Crippen MR) is 53.8 cm³/mol. The lowest BCUT2D eigenvalue weighted by Crippen LogP contribution is -2.33. The van der Waals surface area contributed by atoms with Gasteiger partial charge in [-0.2, -0.15) is 0 Å². The van der Waals surface area contributed by atoms with Gasteiger partial charge in [-0.1, -0.05) is 0 Å². The molecule has 0 fully saturated rings. The molecule has 0 heterocycles. The van der Waals surface area contributed by atoms with Gasteiger partial charge < -0.3 is 4.43 Å². The molecule has 0 amide bonds. The van der Waals surface area contributed by atoms with Crippen molar-refractivity contribution < 1.29 is 4.43 Å². The van der Waals surface area contributed by atoms with Gasteiger partial charge in [0.25, 0.3) is 0 Å². The second-order valence-electron chi connectivity index (χ2n) is 3.72. The largest absolute Gasteiger partial charge is 0.415 e. The van der Waals surface area contributed by atoms with Crippen LogP contribution in [0.25, 0.3) is 0 Å². The zero-order chi connectivity index (χ0) is 8.91. The topological polar surface area (TPSA) is 9.23 Å². The van der Waals surface area contributed by atoms with E-state index in [0.717, 1.165) is 12.3 Å². The Kier molecular flexibility index (Phi) is 5.39. The Hall–Kier alpha value is 0.467. The van der Waals surface area contributed by atoms with Crippen LogP contribution in [0.2, 0.25) is 19.1 Å². The number of hydrogen-bond acceptors (Lipinski definition) is 1. The van der Waals surface area contributed by atoms with Crippen LogP contribution in [0.4, 0.5) is 0 Å². The van der Waals surface area contributed by atoms with Crippen LogP contribution in [0.3, 0.4) is 0 Å². The van der Waals surface area contributed by atoms with Gasteiger partial charge in [-0.25, -0.2) is 0 Å². The molecular formula is C8H19ClOSi. The van der Waals surface area contributed by atoms with Gasteiger partial charge in [-0.3, -0.25) is 0 Å². The van der Waals surface area contributed by atoms with Gasteiger partial charge >= 0.3 is 0 Å². The SMILES string of the molecule is CC(C)O[Si](C)(C)CCCCl. The van der Waals surface area contributed by atoms with Crippen LogP contribution in [-0.4, -0.2) is 20.3 Å². The highest BCUT2D eigenvalue weighted by Crippen LogP contribution is 2.15. The molecule has 1 nitrogen and oxygen atoms in total. The smallest absolute Gasteiger partial charge is 0.187 e. The standard InChI is InChI=1S/C8H19ClOSi/c1-8(2)10-11(3,4)7-5-6-9/h8H,5-7H2,1-4H3. The van der Waals surface area contributed by atoms with E-state index in [-0.39, 0.29) is 0 Å². The van der Waals surface area contributed by atoms with E-state index in [1.165, 1.54) is 6.04 Å². The van der Waals surface area contributed by atoms with Gasteiger partial charge in [0.1, 0.15) is 0 Å². The first-order valence-electron chi connectivity index (χ1n) is 4.22. The van der Waals surface area contributed by atoms with E-state index in [1.807, 2.05) is 0 Å². The second kappa shape index (κ2) is 5.17. The van der Waals surface area contributed by atoms with E-state index in [1.54, 1.807) is 0 Å². The molecule has 0 saturated heterocycles. The average Bonchev–Trinajstić information content (AvgIpc) is 1.81. The summed E-state index contributed by atoms with van der Waals surface area (Å²) >= 11 is 5.61. The molecule has 0 saturated carbocycles. The first-order chi connectivity index (χ1) is 4.98. The molecule has 0 atom stereocenters. The van der Waals surface area contributed by atoms with Crippen LogP contribution in [0.1, 0.15) is 20.3 Å². The van der Waals surface area contributed by atoms with Gasteiger partial charge in [0, 0.05) is 12.0 Å². The van der Waals surface area contributed by atoms with E-state index in [4.69, 9.17) is 16.0 Å². The maximum atomic E-state index is 5.82. The third-order valence-electron chi connectivity index (χ3n) is 1.47. The Morgan fingerprint density at radius 2 is 1.91 bits per heavy atom. The van der Waals surface area contributed by atoms with E-state index < -0.39 is 8.32 Å². The maximum Gasteiger partial charge on any atom is 0.187 e. The van der Waals surface area contributed by atoms with E-state index in [2.05, 4.69) is 26.9 Å². The Labute approximate surface area is 76.2 Å². The van der Waals surface area contributed by atoms with Crippen molar-refractivity contribution in [3.05, 3.63) is 0 Å². The molecule has 0 aromatic rings. The van der Waals surface area contributed by atoms with Crippen molar-refractivity contribution in [2.75, 3.05) is 5.88 Å². The monoisotopic (exact) mass is 194 g/mol. The molecule has 11 heavy (non-hydrogen) atoms. The molecule has 0 aliphatic carbocycles. The Morgan fingerprint density at radius 1 is 1.36 bits per heavy atom. The lowest BCUT2D eigenvalue weighted by atomic mass is 10.5. The molecular weight excluding hydrogens is 176 g/mol. The van der Waals surface area contributed by atoms with Crippen molar-refractivity contribution in [3.8, 4) is 0 Å². The van der Waals surface area contributed by atoms with E-state index in [9.17, 15) is 0 Å². The third kappa shape index (κ3) is 6.85. The molecule has 0 spiro atoms. The summed E-state index contributed by atoms with van der Waals surface area (Å²) in [7, 11) is -1.37. The van der Waals surface area contributed by atoms with Crippen molar-refractivity contribution in [1.29, 1.82) is 0 Å². The van der Waals surface area contributed by atoms with Gasteiger partial charge in [-0.15, -0.1) is 11.6 Å². The fourth-order valence-corrected chi connectivity index (χ4v) is 3.97. The summed E-state index contributed by atoms with van der Waals surface area (Å²) < 4.78 is 5.82. The molecule has 0 bridgehead atoms. The molecule has 0 aromatic carbocycles. The number of alkyl halides is 1. The molecule has 0 unspecified atom stereocenters. The molecule has 0 radical (unpaired) electrons. The van der Waals surface area contributed by atoms with Crippen molar-refractivity contribution in [2.24, 2.45) is 0 Å². The van der Waals surface area contributed by atoms with Gasteiger partial charge in [-0.05, 0) is 39.4 Å². The van der Waals surface area contributed by atoms with Crippen LogP contribution in [-0.2, 0) is 4.43 Å². The summed E-state index contributed by atoms with van der Waals surface area (Å²) in [6, 6.07) is 1.18. The Bertz CT molecular complexity index is 104. The van der Waals surface area contributed by atoms with Crippen LogP contribution < -0.4 is 0 Å². The quantitative estimate of drug-likeness (QED) is 0.483. The summed E-state index contributed by atoms with van der Waals surface area (Å²) in [6.07, 6.45) is 1.46. The van der Waals surface area contributed by atoms with Gasteiger partial charge in [0.05, 0.1) is 0 Å². The lowest BCUT2D eigenvalue weighted by Gasteiger charge is -2.25. The van der Waals surface area contributed by atoms with Crippen molar-refractivity contribution in [2.45, 2.75) is 45.5 Å². The molecule has 0 aliphatic heterocycles. The van der Waals surface area contributed by atoms with Crippen LogP contribution in [0.5, 0.6) is 0 Å². The fourth-order valence-electron chi connectivity index (χ4n) is 1.19. The van der Waals surface area contributed by atoms with Crippen LogP contribution in [0, 0.1) is 0 Å². The Morgan fingerprint density at radius 3 is 2.27 bits per heavy atom. The number of halogens is 1. The molecule has 3 heteroatoms. The molecule has 0 N–H and O–H groups in total. The van der Waals surface area contributed by atoms with E-state index >= 15 is 0 Å². The Balaban J connectivity index is 3.61. The minimum Gasteiger partial charge on any atom is -0.415 e.